The summed E-state index contributed by atoms with van der Waals surface area (Å²) in [4.78, 5) is 2.69. The number of nitrogens with zero attached hydrogens (tertiary/aromatic N) is 1. The van der Waals surface area contributed by atoms with Gasteiger partial charge in [-0.2, -0.15) is 11.8 Å². The fraction of sp³-hybridized carbons (Fsp3) is 1.00. The van der Waals surface area contributed by atoms with Gasteiger partial charge in [0.15, 0.2) is 0 Å². The van der Waals surface area contributed by atoms with Crippen molar-refractivity contribution in [3.63, 3.8) is 0 Å². The van der Waals surface area contributed by atoms with E-state index in [0.717, 1.165) is 6.04 Å². The predicted octanol–water partition coefficient (Wildman–Crippen LogP) is 2.20. The summed E-state index contributed by atoms with van der Waals surface area (Å²) in [5.74, 6) is 2.55. The second kappa shape index (κ2) is 8.43. The van der Waals surface area contributed by atoms with Crippen LogP contribution in [0.1, 0.15) is 33.1 Å². The van der Waals surface area contributed by atoms with Crippen molar-refractivity contribution >= 4 is 11.8 Å². The summed E-state index contributed by atoms with van der Waals surface area (Å²) < 4.78 is 0. The first-order valence-corrected chi connectivity index (χ1v) is 7.56. The van der Waals surface area contributed by atoms with Crippen molar-refractivity contribution in [1.29, 1.82) is 0 Å². The molecule has 0 aromatic rings. The van der Waals surface area contributed by atoms with Crippen LogP contribution in [-0.2, 0) is 0 Å². The monoisotopic (exact) mass is 230 g/mol. The Labute approximate surface area is 99.2 Å². The molecule has 15 heavy (non-hydrogen) atoms. The Balaban J connectivity index is 2.26. The van der Waals surface area contributed by atoms with E-state index in [1.54, 1.807) is 0 Å². The first-order valence-electron chi connectivity index (χ1n) is 6.41. The standard InChI is InChI=1S/C12H26N2S/c1-3-8-14(9-10-15-4-2)12-6-5-7-13-11-12/h12-13H,3-11H2,1-2H3. The number of piperidine rings is 1. The second-order valence-corrected chi connectivity index (χ2v) is 5.63. The van der Waals surface area contributed by atoms with Gasteiger partial charge < -0.3 is 5.32 Å². The Hall–Kier alpha value is 0.270. The van der Waals surface area contributed by atoms with Crippen LogP contribution in [0, 0.1) is 0 Å². The molecule has 0 aromatic heterocycles. The van der Waals surface area contributed by atoms with Crippen molar-refractivity contribution in [3.8, 4) is 0 Å². The molecule has 0 saturated carbocycles. The maximum atomic E-state index is 3.52. The highest BCUT2D eigenvalue weighted by Crippen LogP contribution is 2.12. The molecule has 1 fully saturated rings. The lowest BCUT2D eigenvalue weighted by atomic mass is 10.1. The van der Waals surface area contributed by atoms with Crippen LogP contribution < -0.4 is 5.32 Å². The highest BCUT2D eigenvalue weighted by Gasteiger charge is 2.19. The van der Waals surface area contributed by atoms with Crippen molar-refractivity contribution < 1.29 is 0 Å². The molecule has 1 aliphatic heterocycles. The van der Waals surface area contributed by atoms with Gasteiger partial charge in [0.05, 0.1) is 0 Å². The van der Waals surface area contributed by atoms with E-state index in [-0.39, 0.29) is 0 Å². The van der Waals surface area contributed by atoms with E-state index >= 15 is 0 Å². The van der Waals surface area contributed by atoms with Crippen LogP contribution in [0.2, 0.25) is 0 Å². The van der Waals surface area contributed by atoms with Crippen molar-refractivity contribution in [3.05, 3.63) is 0 Å². The summed E-state index contributed by atoms with van der Waals surface area (Å²) in [6.07, 6.45) is 4.03. The number of hydrogen-bond acceptors (Lipinski definition) is 3. The van der Waals surface area contributed by atoms with Crippen molar-refractivity contribution in [2.75, 3.05) is 37.7 Å². The van der Waals surface area contributed by atoms with Gasteiger partial charge in [-0.25, -0.2) is 0 Å². The molecular formula is C12H26N2S. The van der Waals surface area contributed by atoms with Gasteiger partial charge in [-0.15, -0.1) is 0 Å². The quantitative estimate of drug-likeness (QED) is 0.675. The molecule has 1 N–H and O–H groups in total. The molecule has 2 nitrogen and oxygen atoms in total. The van der Waals surface area contributed by atoms with E-state index in [1.165, 1.54) is 56.9 Å². The Bertz CT molecular complexity index is 147. The lowest BCUT2D eigenvalue weighted by molar-refractivity contribution is 0.176. The molecular weight excluding hydrogens is 204 g/mol. The Morgan fingerprint density at radius 2 is 2.20 bits per heavy atom. The molecule has 1 rings (SSSR count). The Kier molecular flexibility index (Phi) is 7.49. The highest BCUT2D eigenvalue weighted by atomic mass is 32.2. The molecule has 0 bridgehead atoms. The molecule has 0 aromatic carbocycles. The normalized spacial score (nSPS) is 22.2. The minimum absolute atomic E-state index is 0.802. The minimum Gasteiger partial charge on any atom is -0.315 e. The van der Waals surface area contributed by atoms with Crippen LogP contribution in [0.15, 0.2) is 0 Å². The minimum atomic E-state index is 0.802. The van der Waals surface area contributed by atoms with Crippen LogP contribution in [0.4, 0.5) is 0 Å². The van der Waals surface area contributed by atoms with Crippen molar-refractivity contribution in [1.82, 2.24) is 10.2 Å². The second-order valence-electron chi connectivity index (χ2n) is 4.23. The van der Waals surface area contributed by atoms with Gasteiger partial charge in [0, 0.05) is 24.9 Å². The van der Waals surface area contributed by atoms with E-state index in [0.29, 0.717) is 0 Å². The van der Waals surface area contributed by atoms with Gasteiger partial charge in [0.1, 0.15) is 0 Å². The van der Waals surface area contributed by atoms with E-state index in [9.17, 15) is 0 Å². The molecule has 1 atom stereocenters. The van der Waals surface area contributed by atoms with Gasteiger partial charge in [0.2, 0.25) is 0 Å². The number of hydrogen-bond donors (Lipinski definition) is 1. The smallest absolute Gasteiger partial charge is 0.0221 e. The molecule has 3 heteroatoms. The zero-order valence-electron chi connectivity index (χ0n) is 10.3. The highest BCUT2D eigenvalue weighted by molar-refractivity contribution is 7.99. The summed E-state index contributed by atoms with van der Waals surface area (Å²) in [6.45, 7) is 9.51. The molecule has 0 spiro atoms. The fourth-order valence-electron chi connectivity index (χ4n) is 2.24. The lowest BCUT2D eigenvalue weighted by Gasteiger charge is -2.34. The summed E-state index contributed by atoms with van der Waals surface area (Å²) in [7, 11) is 0. The van der Waals surface area contributed by atoms with E-state index in [1.807, 2.05) is 0 Å². The first kappa shape index (κ1) is 13.3. The average Bonchev–Trinajstić information content (AvgIpc) is 2.29. The summed E-state index contributed by atoms with van der Waals surface area (Å²) in [6, 6.07) is 0.802. The maximum absolute atomic E-state index is 3.52. The van der Waals surface area contributed by atoms with Crippen molar-refractivity contribution in [2.24, 2.45) is 0 Å². The molecule has 1 saturated heterocycles. The van der Waals surface area contributed by atoms with Gasteiger partial charge in [-0.1, -0.05) is 13.8 Å². The van der Waals surface area contributed by atoms with Crippen molar-refractivity contribution in [2.45, 2.75) is 39.2 Å². The Morgan fingerprint density at radius 1 is 1.33 bits per heavy atom. The average molecular weight is 230 g/mol. The predicted molar refractivity (Wildman–Crippen MR) is 70.8 cm³/mol. The SMILES string of the molecule is CCCN(CCSCC)C1CCCNC1. The van der Waals surface area contributed by atoms with E-state index < -0.39 is 0 Å². The third-order valence-corrected chi connectivity index (χ3v) is 3.90. The molecule has 1 aliphatic rings. The zero-order valence-corrected chi connectivity index (χ0v) is 11.1. The van der Waals surface area contributed by atoms with Crippen LogP contribution >= 0.6 is 11.8 Å². The van der Waals surface area contributed by atoms with Crippen LogP contribution in [0.3, 0.4) is 0 Å². The van der Waals surface area contributed by atoms with E-state index in [4.69, 9.17) is 0 Å². The number of thioether (sulfide) groups is 1. The molecule has 1 heterocycles. The molecule has 0 aliphatic carbocycles. The maximum Gasteiger partial charge on any atom is 0.0221 e. The van der Waals surface area contributed by atoms with Gasteiger partial charge in [-0.3, -0.25) is 4.90 Å². The van der Waals surface area contributed by atoms with Crippen LogP contribution in [-0.4, -0.2) is 48.6 Å². The summed E-state index contributed by atoms with van der Waals surface area (Å²) in [5.41, 5.74) is 0. The molecule has 90 valence electrons. The third kappa shape index (κ3) is 5.23. The molecule has 0 radical (unpaired) electrons. The Morgan fingerprint density at radius 3 is 2.80 bits per heavy atom. The van der Waals surface area contributed by atoms with Crippen LogP contribution in [0.5, 0.6) is 0 Å². The number of rotatable bonds is 7. The number of nitrogens with one attached hydrogen (secondary N) is 1. The van der Waals surface area contributed by atoms with Gasteiger partial charge in [-0.05, 0) is 38.1 Å². The first-order chi connectivity index (χ1) is 7.38. The fourth-order valence-corrected chi connectivity index (χ4v) is 2.89. The van der Waals surface area contributed by atoms with Gasteiger partial charge >= 0.3 is 0 Å². The van der Waals surface area contributed by atoms with Crippen LogP contribution in [0.25, 0.3) is 0 Å². The zero-order chi connectivity index (χ0) is 10.9. The molecule has 1 unspecified atom stereocenters. The summed E-state index contributed by atoms with van der Waals surface area (Å²) >= 11 is 2.06. The van der Waals surface area contributed by atoms with E-state index in [2.05, 4.69) is 35.8 Å². The summed E-state index contributed by atoms with van der Waals surface area (Å²) in [5, 5.41) is 3.52. The van der Waals surface area contributed by atoms with Gasteiger partial charge in [0.25, 0.3) is 0 Å². The third-order valence-electron chi connectivity index (χ3n) is 3.03. The largest absolute Gasteiger partial charge is 0.315 e. The molecule has 0 amide bonds. The lowest BCUT2D eigenvalue weighted by Crippen LogP contribution is -2.47. The topological polar surface area (TPSA) is 15.3 Å².